The van der Waals surface area contributed by atoms with Crippen molar-refractivity contribution in [2.24, 2.45) is 10.8 Å². The van der Waals surface area contributed by atoms with E-state index in [1.807, 2.05) is 169 Å². The van der Waals surface area contributed by atoms with Gasteiger partial charge >= 0.3 is 36.4 Å². The molecular weight excluding hydrogens is 1470 g/mol. The minimum Gasteiger partial charge on any atom is -0.505 e. The highest BCUT2D eigenvalue weighted by atomic mass is 35.5. The molecular formula is C82H71Cl2N7O20. The molecule has 27 nitrogen and oxygen atoms in total. The third kappa shape index (κ3) is 19.9. The number of hydrazone groups is 1. The lowest BCUT2D eigenvalue weighted by Crippen LogP contribution is -2.55. The average Bonchev–Trinajstić information content (AvgIpc) is 1.65. The first-order valence-electron chi connectivity index (χ1n) is 34.5. The van der Waals surface area contributed by atoms with Gasteiger partial charge in [0.1, 0.15) is 44.8 Å². The van der Waals surface area contributed by atoms with Crippen LogP contribution in [0.25, 0.3) is 33.4 Å². The Morgan fingerprint density at radius 1 is 0.541 bits per heavy atom. The van der Waals surface area contributed by atoms with Gasteiger partial charge in [-0.05, 0) is 104 Å². The predicted molar refractivity (Wildman–Crippen MR) is 406 cm³/mol. The predicted octanol–water partition coefficient (Wildman–Crippen LogP) is 12.0. The highest BCUT2D eigenvalue weighted by Gasteiger charge is 2.40. The number of aliphatic carboxylic acids is 1. The number of para-hydroxylation sites is 2. The first-order chi connectivity index (χ1) is 53.6. The summed E-state index contributed by atoms with van der Waals surface area (Å²) in [4.78, 5) is 139. The number of fused-ring (bicyclic) bond motifs is 10. The van der Waals surface area contributed by atoms with Gasteiger partial charge in [0, 0.05) is 36.0 Å². The van der Waals surface area contributed by atoms with Gasteiger partial charge in [-0.2, -0.15) is 5.10 Å². The third-order valence-electron chi connectivity index (χ3n) is 18.0. The van der Waals surface area contributed by atoms with Crippen molar-refractivity contribution in [1.82, 2.24) is 16.1 Å². The average molecular weight is 1550 g/mol. The van der Waals surface area contributed by atoms with Crippen LogP contribution in [-0.4, -0.2) is 147 Å². The van der Waals surface area contributed by atoms with E-state index in [9.17, 15) is 57.8 Å². The number of aromatic hydroxyl groups is 1. The van der Waals surface area contributed by atoms with E-state index in [0.29, 0.717) is 0 Å². The maximum Gasteiger partial charge on any atom is 0.508 e. The second-order valence-electron chi connectivity index (χ2n) is 25.3. The number of phenolic OH excluding ortho intramolecular Hbond substituents is 1. The van der Waals surface area contributed by atoms with Crippen molar-refractivity contribution >= 4 is 107 Å². The van der Waals surface area contributed by atoms with Crippen molar-refractivity contribution in [2.45, 2.75) is 49.8 Å². The summed E-state index contributed by atoms with van der Waals surface area (Å²) in [5, 5.41) is 26.7. The lowest BCUT2D eigenvalue weighted by Gasteiger charge is -2.25. The number of nitrogens with two attached hydrogens (primary N) is 1. The molecule has 0 spiro atoms. The first-order valence-corrected chi connectivity index (χ1v) is 35.3. The summed E-state index contributed by atoms with van der Waals surface area (Å²) in [6.45, 7) is -1.62. The van der Waals surface area contributed by atoms with Crippen LogP contribution in [0.1, 0.15) is 80.4 Å². The van der Waals surface area contributed by atoms with Gasteiger partial charge in [-0.15, -0.1) is 0 Å². The van der Waals surface area contributed by atoms with Crippen LogP contribution >= 0.6 is 23.2 Å². The third-order valence-corrected chi connectivity index (χ3v) is 18.6. The highest BCUT2D eigenvalue weighted by molar-refractivity contribution is 6.37. The van der Waals surface area contributed by atoms with Gasteiger partial charge in [0.05, 0.1) is 34.0 Å². The van der Waals surface area contributed by atoms with E-state index < -0.39 is 111 Å². The van der Waals surface area contributed by atoms with E-state index in [2.05, 4.69) is 32.6 Å². The molecule has 0 fully saturated rings. The number of hydrogen-bond acceptors (Lipinski definition) is 20. The number of rotatable bonds is 23. The number of carboxylic acid groups (broad SMARTS) is 1. The van der Waals surface area contributed by atoms with E-state index in [4.69, 9.17) is 62.5 Å². The number of urea groups is 1. The Balaban J connectivity index is 0.000000195. The lowest BCUT2D eigenvalue weighted by atomic mass is 9.98. The minimum atomic E-state index is -1.54. The largest absolute Gasteiger partial charge is 0.508 e. The second-order valence-corrected chi connectivity index (χ2v) is 26.2. The smallest absolute Gasteiger partial charge is 0.505 e. The molecule has 4 aliphatic rings. The summed E-state index contributed by atoms with van der Waals surface area (Å²) in [7, 11) is 0. The van der Waals surface area contributed by atoms with Gasteiger partial charge < -0.3 is 64.6 Å². The molecule has 0 saturated heterocycles. The molecule has 0 unspecified atom stereocenters. The van der Waals surface area contributed by atoms with E-state index >= 15 is 0 Å². The number of halogens is 2. The van der Waals surface area contributed by atoms with Crippen LogP contribution in [0.3, 0.4) is 0 Å². The number of Topliss-reactive ketones (excluding diaryl/α,β-unsaturated/α-hetero) is 1. The number of ketones is 1. The summed E-state index contributed by atoms with van der Waals surface area (Å²) in [5.74, 6) is -6.38. The molecule has 7 N–H and O–H groups in total. The van der Waals surface area contributed by atoms with Crippen LogP contribution in [0.5, 0.6) is 5.75 Å². The van der Waals surface area contributed by atoms with Gasteiger partial charge in [0.2, 0.25) is 5.91 Å². The minimum absolute atomic E-state index is 0.0556. The number of hydrogen-bond donors (Lipinski definition) is 6. The fourth-order valence-corrected chi connectivity index (χ4v) is 13.7. The van der Waals surface area contributed by atoms with Crippen molar-refractivity contribution in [3.8, 4) is 39.1 Å². The summed E-state index contributed by atoms with van der Waals surface area (Å²) in [5.41, 5.74) is 20.9. The molecule has 2 atom stereocenters. The van der Waals surface area contributed by atoms with Crippen LogP contribution < -0.4 is 31.6 Å². The molecule has 1 heterocycles. The number of amides is 6. The molecule has 3 aliphatic carbocycles. The van der Waals surface area contributed by atoms with E-state index in [0.717, 1.165) is 100 Å². The highest BCUT2D eigenvalue weighted by Crippen LogP contribution is 2.47. The van der Waals surface area contributed by atoms with Crippen LogP contribution in [0.4, 0.5) is 30.6 Å². The topological polar surface area (TPSA) is 374 Å². The molecule has 9 aromatic rings. The Kier molecular flexibility index (Phi) is 26.2. The fraction of sp³-hybridized carbons (Fsp3) is 0.195. The summed E-state index contributed by atoms with van der Waals surface area (Å²) < 4.78 is 35.6. The molecule has 568 valence electrons. The number of primary amides is 1. The van der Waals surface area contributed by atoms with Crippen LogP contribution in [0, 0.1) is 0 Å². The van der Waals surface area contributed by atoms with E-state index in [1.54, 1.807) is 12.1 Å². The van der Waals surface area contributed by atoms with Crippen molar-refractivity contribution in [1.29, 1.82) is 0 Å². The number of esters is 1. The van der Waals surface area contributed by atoms with Crippen molar-refractivity contribution in [3.05, 3.63) is 267 Å². The van der Waals surface area contributed by atoms with Gasteiger partial charge in [-0.1, -0.05) is 211 Å². The Labute approximate surface area is 644 Å². The fourth-order valence-electron chi connectivity index (χ4n) is 13.2. The van der Waals surface area contributed by atoms with Crippen LogP contribution in [0.15, 0.2) is 217 Å². The molecule has 0 saturated carbocycles. The number of anilines is 2. The Morgan fingerprint density at radius 3 is 1.38 bits per heavy atom. The number of benzene rings is 9. The van der Waals surface area contributed by atoms with Crippen LogP contribution in [0.2, 0.25) is 10.0 Å². The van der Waals surface area contributed by atoms with E-state index in [1.165, 1.54) is 19.1 Å². The summed E-state index contributed by atoms with van der Waals surface area (Å²) in [6.07, 6.45) is -2.13. The monoisotopic (exact) mass is 1540 g/mol. The number of carbonyl (C=O) groups excluding carboxylic acids is 10. The Bertz CT molecular complexity index is 4900. The van der Waals surface area contributed by atoms with Gasteiger partial charge in [-0.3, -0.25) is 28.9 Å². The second kappa shape index (κ2) is 36.9. The number of phenols is 1. The van der Waals surface area contributed by atoms with Crippen molar-refractivity contribution < 1.29 is 96.1 Å². The zero-order valence-corrected chi connectivity index (χ0v) is 60.7. The summed E-state index contributed by atoms with van der Waals surface area (Å²) in [6, 6.07) is 61.6. The normalized spacial score (nSPS) is 13.6. The van der Waals surface area contributed by atoms with Gasteiger partial charge in [0.15, 0.2) is 25.6 Å². The molecule has 6 amide bonds. The molecule has 0 radical (unpaired) electrons. The number of ether oxygens (including phenoxy) is 7. The first kappa shape index (κ1) is 78.7. The molecule has 111 heavy (non-hydrogen) atoms. The van der Waals surface area contributed by atoms with Crippen LogP contribution in [-0.2, 0) is 68.5 Å². The molecule has 13 rings (SSSR count). The van der Waals surface area contributed by atoms with Crippen molar-refractivity contribution in [2.75, 3.05) is 62.5 Å². The maximum atomic E-state index is 14.4. The van der Waals surface area contributed by atoms with Gasteiger partial charge in [0.25, 0.3) is 17.7 Å². The van der Waals surface area contributed by atoms with Crippen molar-refractivity contribution in [3.63, 3.8) is 0 Å². The number of carboxylic acids is 1. The summed E-state index contributed by atoms with van der Waals surface area (Å²) >= 11 is 12.1. The van der Waals surface area contributed by atoms with E-state index in [-0.39, 0.29) is 83.4 Å². The SMILES string of the molecule is CC(=O)C[C@@H](/C=N\NC(N)=O)NC(=O)CN1C(=O)[C@@H](NC(=O)c2cc(Cl)c(O)c(Cl)c2)CN(C(=O)COC(=O)OCC2c3ccccc3-c3ccccc32)c2ccccc21.O=C(COC(=O)OCC1c2ccccc2-c2ccccc21)OCc1ccccc1.O=C(O)COC(=O)OCC1c2ccccc2-c2ccccc21. The number of nitrogens with one attached hydrogen (secondary N) is 3. The maximum absolute atomic E-state index is 14.4. The zero-order chi connectivity index (χ0) is 78.7. The zero-order valence-electron chi connectivity index (χ0n) is 59.2. The standard InChI is InChI=1S/C41H37Cl2N7O10.C24H20O5.C17H14O5/c1-22(51)14-24(17-45-48-40(44)57)46-35(52)19-50-34-13-7-6-12-33(34)49(18-32(39(50)56)47-38(55)23-15-30(42)37(54)31(43)16-23)36(53)21-60-41(58)59-20-29-27-10-4-2-8-25(27)26-9-3-5-11-28(26)29;25-23(27-14-17-8-2-1-3-9-17)16-29-24(26)28-15-22-20-12-6-4-10-18(20)19-11-5-7-13-21(19)22;18-16(19)10-22-17(20)21-9-15-13-7-3-1-5-11(13)12-6-2-4-8-14(12)15/h2-13,15-17,24,29,32,54H,14,18-21H2,1H3,(H,46,52)(H,47,55)(H3,44,48,57);1-13,22H,14-16H2;1-8,15H,9-10H2,(H,18,19)/b45-17-;;/t24-,32-;;/m0../s1. The molecule has 1 aliphatic heterocycles. The lowest BCUT2D eigenvalue weighted by molar-refractivity contribution is -0.149. The molecule has 29 heteroatoms. The van der Waals surface area contributed by atoms with Gasteiger partial charge in [-0.25, -0.2) is 34.2 Å². The Hall–Kier alpha value is -13.4. The quantitative estimate of drug-likeness (QED) is 0.0150. The number of nitrogens with zero attached hydrogens (tertiary/aromatic N) is 3. The number of carbonyl (C=O) groups is 11. The Morgan fingerprint density at radius 2 is 0.946 bits per heavy atom. The molecule has 0 aromatic heterocycles. The molecule has 0 bridgehead atoms. The molecule has 9 aromatic carbocycles.